The van der Waals surface area contributed by atoms with Crippen LogP contribution in [-0.2, 0) is 21.1 Å². The van der Waals surface area contributed by atoms with Gasteiger partial charge in [-0.2, -0.15) is 0 Å². The van der Waals surface area contributed by atoms with E-state index in [1.54, 1.807) is 12.1 Å². The van der Waals surface area contributed by atoms with Gasteiger partial charge in [-0.05, 0) is 42.3 Å². The largest absolute Gasteiger partial charge is 0.326 e. The number of carbonyl (C=O) groups is 1. The van der Waals surface area contributed by atoms with Crippen molar-refractivity contribution in [2.24, 2.45) is 0 Å². The number of benzene rings is 2. The maximum atomic E-state index is 12.0. The number of aryl methyl sites for hydroxylation is 1. The second-order valence-corrected chi connectivity index (χ2v) is 7.91. The molecule has 22 heavy (non-hydrogen) atoms. The molecule has 0 aromatic heterocycles. The van der Waals surface area contributed by atoms with Crippen LogP contribution in [-0.4, -0.2) is 20.6 Å². The molecule has 0 spiro atoms. The number of anilines is 1. The van der Waals surface area contributed by atoms with Gasteiger partial charge in [-0.3, -0.25) is 4.79 Å². The summed E-state index contributed by atoms with van der Waals surface area (Å²) in [5, 5.41) is 2.72. The fourth-order valence-corrected chi connectivity index (χ4v) is 3.09. The number of amides is 1. The second-order valence-electron chi connectivity index (χ2n) is 4.98. The molecule has 0 heterocycles. The van der Waals surface area contributed by atoms with E-state index in [4.69, 9.17) is 0 Å². The molecule has 2 aromatic rings. The number of carbonyl (C=O) groups excluding carboxylic acids is 1. The predicted molar refractivity (Wildman–Crippen MR) is 90.6 cm³/mol. The molecular weight excluding hydrogens is 366 g/mol. The molecule has 0 fully saturated rings. The molecule has 116 valence electrons. The molecule has 0 bridgehead atoms. The molecule has 1 N–H and O–H groups in total. The summed E-state index contributed by atoms with van der Waals surface area (Å²) in [4.78, 5) is 12.2. The van der Waals surface area contributed by atoms with Gasteiger partial charge >= 0.3 is 0 Å². The monoisotopic (exact) mass is 381 g/mol. The zero-order chi connectivity index (χ0) is 16.2. The van der Waals surface area contributed by atoms with Gasteiger partial charge in [0.2, 0.25) is 5.91 Å². The summed E-state index contributed by atoms with van der Waals surface area (Å²) >= 11 is 3.39. The van der Waals surface area contributed by atoms with Gasteiger partial charge in [0.1, 0.15) is 0 Å². The standard InChI is InChI=1S/C16H16BrNO3S/c1-22(20,21)15-7-3-6-14(11-15)18-16(19)9-8-12-4-2-5-13(17)10-12/h2-7,10-11H,8-9H2,1H3,(H,18,19). The van der Waals surface area contributed by atoms with Crippen molar-refractivity contribution in [3.05, 3.63) is 58.6 Å². The fraction of sp³-hybridized carbons (Fsp3) is 0.188. The molecule has 0 aliphatic carbocycles. The first kappa shape index (κ1) is 16.7. The van der Waals surface area contributed by atoms with E-state index in [1.807, 2.05) is 24.3 Å². The van der Waals surface area contributed by atoms with E-state index in [1.165, 1.54) is 12.1 Å². The lowest BCUT2D eigenvalue weighted by Gasteiger charge is -2.07. The first-order valence-electron chi connectivity index (χ1n) is 6.69. The number of hydrogen-bond acceptors (Lipinski definition) is 3. The minimum atomic E-state index is -3.28. The number of nitrogens with one attached hydrogen (secondary N) is 1. The highest BCUT2D eigenvalue weighted by Crippen LogP contribution is 2.16. The van der Waals surface area contributed by atoms with Gasteiger partial charge in [0.05, 0.1) is 4.90 Å². The Morgan fingerprint density at radius 3 is 2.55 bits per heavy atom. The third-order valence-corrected chi connectivity index (χ3v) is 4.68. The Kier molecular flexibility index (Phi) is 5.37. The first-order chi connectivity index (χ1) is 10.3. The Balaban J connectivity index is 1.98. The summed E-state index contributed by atoms with van der Waals surface area (Å²) in [6, 6.07) is 14.0. The van der Waals surface area contributed by atoms with Crippen LogP contribution in [0.1, 0.15) is 12.0 Å². The molecule has 6 heteroatoms. The van der Waals surface area contributed by atoms with Crippen molar-refractivity contribution in [2.75, 3.05) is 11.6 Å². The SMILES string of the molecule is CS(=O)(=O)c1cccc(NC(=O)CCc2cccc(Br)c2)c1. The lowest BCUT2D eigenvalue weighted by atomic mass is 10.1. The molecule has 2 aromatic carbocycles. The Morgan fingerprint density at radius 1 is 1.14 bits per heavy atom. The summed E-state index contributed by atoms with van der Waals surface area (Å²) in [5.41, 5.74) is 1.55. The third kappa shape index (κ3) is 4.96. The van der Waals surface area contributed by atoms with Crippen LogP contribution in [0.5, 0.6) is 0 Å². The number of halogens is 1. The van der Waals surface area contributed by atoms with E-state index in [9.17, 15) is 13.2 Å². The van der Waals surface area contributed by atoms with Crippen LogP contribution in [0.15, 0.2) is 57.9 Å². The Labute approximate surface area is 138 Å². The Morgan fingerprint density at radius 2 is 1.86 bits per heavy atom. The van der Waals surface area contributed by atoms with Gasteiger partial charge in [0.25, 0.3) is 0 Å². The molecule has 4 nitrogen and oxygen atoms in total. The van der Waals surface area contributed by atoms with Crippen molar-refractivity contribution in [1.82, 2.24) is 0 Å². The zero-order valence-corrected chi connectivity index (χ0v) is 14.4. The normalized spacial score (nSPS) is 11.2. The molecule has 0 aliphatic rings. The highest BCUT2D eigenvalue weighted by Gasteiger charge is 2.09. The molecule has 0 atom stereocenters. The van der Waals surface area contributed by atoms with Crippen LogP contribution in [0.2, 0.25) is 0 Å². The van der Waals surface area contributed by atoms with Crippen LogP contribution in [0.25, 0.3) is 0 Å². The Hall–Kier alpha value is -1.66. The summed E-state index contributed by atoms with van der Waals surface area (Å²) in [7, 11) is -3.28. The fourth-order valence-electron chi connectivity index (χ4n) is 1.98. The molecule has 0 aliphatic heterocycles. The van der Waals surface area contributed by atoms with Crippen molar-refractivity contribution >= 4 is 37.4 Å². The van der Waals surface area contributed by atoms with E-state index in [0.29, 0.717) is 18.5 Å². The molecular formula is C16H16BrNO3S. The summed E-state index contributed by atoms with van der Waals surface area (Å²) in [6.07, 6.45) is 2.10. The van der Waals surface area contributed by atoms with E-state index < -0.39 is 9.84 Å². The second kappa shape index (κ2) is 7.07. The van der Waals surface area contributed by atoms with Crippen LogP contribution in [0, 0.1) is 0 Å². The van der Waals surface area contributed by atoms with Crippen LogP contribution in [0.3, 0.4) is 0 Å². The average molecular weight is 382 g/mol. The smallest absolute Gasteiger partial charge is 0.224 e. The lowest BCUT2D eigenvalue weighted by molar-refractivity contribution is -0.116. The van der Waals surface area contributed by atoms with E-state index in [-0.39, 0.29) is 10.8 Å². The molecule has 1 amide bonds. The maximum absolute atomic E-state index is 12.0. The molecule has 0 saturated carbocycles. The summed E-state index contributed by atoms with van der Waals surface area (Å²) in [6.45, 7) is 0. The highest BCUT2D eigenvalue weighted by molar-refractivity contribution is 9.10. The minimum absolute atomic E-state index is 0.148. The number of hydrogen-bond donors (Lipinski definition) is 1. The van der Waals surface area contributed by atoms with E-state index in [0.717, 1.165) is 16.3 Å². The summed E-state index contributed by atoms with van der Waals surface area (Å²) in [5.74, 6) is -0.148. The summed E-state index contributed by atoms with van der Waals surface area (Å²) < 4.78 is 24.0. The lowest BCUT2D eigenvalue weighted by Crippen LogP contribution is -2.12. The zero-order valence-electron chi connectivity index (χ0n) is 12.0. The van der Waals surface area contributed by atoms with Gasteiger partial charge in [0, 0.05) is 22.8 Å². The minimum Gasteiger partial charge on any atom is -0.326 e. The quantitative estimate of drug-likeness (QED) is 0.862. The van der Waals surface area contributed by atoms with Gasteiger partial charge in [-0.1, -0.05) is 34.1 Å². The van der Waals surface area contributed by atoms with E-state index >= 15 is 0 Å². The van der Waals surface area contributed by atoms with Crippen molar-refractivity contribution in [3.63, 3.8) is 0 Å². The predicted octanol–water partition coefficient (Wildman–Crippen LogP) is 3.42. The first-order valence-corrected chi connectivity index (χ1v) is 9.37. The number of rotatable bonds is 5. The van der Waals surface area contributed by atoms with Crippen molar-refractivity contribution in [1.29, 1.82) is 0 Å². The topological polar surface area (TPSA) is 63.2 Å². The van der Waals surface area contributed by atoms with Gasteiger partial charge in [0.15, 0.2) is 9.84 Å². The Bertz CT molecular complexity index is 787. The van der Waals surface area contributed by atoms with Crippen molar-refractivity contribution in [3.8, 4) is 0 Å². The van der Waals surface area contributed by atoms with Crippen LogP contribution >= 0.6 is 15.9 Å². The van der Waals surface area contributed by atoms with Crippen LogP contribution < -0.4 is 5.32 Å². The molecule has 0 saturated heterocycles. The van der Waals surface area contributed by atoms with Gasteiger partial charge in [-0.25, -0.2) is 8.42 Å². The average Bonchev–Trinajstić information content (AvgIpc) is 2.45. The van der Waals surface area contributed by atoms with Crippen molar-refractivity contribution in [2.45, 2.75) is 17.7 Å². The third-order valence-electron chi connectivity index (χ3n) is 3.08. The molecule has 2 rings (SSSR count). The van der Waals surface area contributed by atoms with Gasteiger partial charge < -0.3 is 5.32 Å². The molecule has 0 unspecified atom stereocenters. The molecule has 0 radical (unpaired) electrons. The number of sulfone groups is 1. The maximum Gasteiger partial charge on any atom is 0.224 e. The van der Waals surface area contributed by atoms with Crippen LogP contribution in [0.4, 0.5) is 5.69 Å². The highest BCUT2D eigenvalue weighted by atomic mass is 79.9. The van der Waals surface area contributed by atoms with Gasteiger partial charge in [-0.15, -0.1) is 0 Å². The van der Waals surface area contributed by atoms with E-state index in [2.05, 4.69) is 21.2 Å². The van der Waals surface area contributed by atoms with Crippen molar-refractivity contribution < 1.29 is 13.2 Å².